The van der Waals surface area contributed by atoms with Crippen molar-refractivity contribution in [3.63, 3.8) is 0 Å². The number of hydrogen-bond donors (Lipinski definition) is 1. The van der Waals surface area contributed by atoms with Gasteiger partial charge < -0.3 is 4.90 Å². The van der Waals surface area contributed by atoms with Gasteiger partial charge in [0.1, 0.15) is 0 Å². The van der Waals surface area contributed by atoms with E-state index in [2.05, 4.69) is 26.5 Å². The summed E-state index contributed by atoms with van der Waals surface area (Å²) in [7, 11) is 0. The third kappa shape index (κ3) is 3.23. The van der Waals surface area contributed by atoms with Gasteiger partial charge in [-0.15, -0.1) is 12.6 Å². The Labute approximate surface area is 119 Å². The van der Waals surface area contributed by atoms with Crippen molar-refractivity contribution in [2.45, 2.75) is 29.9 Å². The number of nitrogens with zero attached hydrogens (tertiary/aromatic N) is 1. The van der Waals surface area contributed by atoms with Gasteiger partial charge in [0.2, 0.25) is 0 Å². The van der Waals surface area contributed by atoms with Crippen LogP contribution in [0.5, 0.6) is 0 Å². The van der Waals surface area contributed by atoms with Gasteiger partial charge in [-0.25, -0.2) is 0 Å². The first kappa shape index (κ1) is 13.8. The van der Waals surface area contributed by atoms with Crippen LogP contribution >= 0.6 is 24.4 Å². The van der Waals surface area contributed by atoms with E-state index in [1.165, 1.54) is 0 Å². The topological polar surface area (TPSA) is 20.3 Å². The maximum atomic E-state index is 12.5. The minimum absolute atomic E-state index is 0.110. The van der Waals surface area contributed by atoms with E-state index in [0.717, 1.165) is 30.2 Å². The molecule has 0 saturated carbocycles. The van der Waals surface area contributed by atoms with Crippen molar-refractivity contribution in [1.82, 2.24) is 4.90 Å². The first-order chi connectivity index (χ1) is 8.49. The molecule has 0 atom stereocenters. The summed E-state index contributed by atoms with van der Waals surface area (Å²) in [6, 6.07) is 7.52. The van der Waals surface area contributed by atoms with Gasteiger partial charge in [-0.05, 0) is 18.6 Å². The largest absolute Gasteiger partial charge is 0.338 e. The molecular weight excluding hydrogens is 262 g/mol. The first-order valence-electron chi connectivity index (χ1n) is 6.21. The fourth-order valence-electron chi connectivity index (χ4n) is 2.05. The average molecular weight is 281 g/mol. The zero-order valence-electron chi connectivity index (χ0n) is 10.8. The molecule has 0 unspecified atom stereocenters. The zero-order chi connectivity index (χ0) is 13.2. The molecule has 1 saturated heterocycles. The van der Waals surface area contributed by atoms with Crippen molar-refractivity contribution >= 4 is 30.3 Å². The van der Waals surface area contributed by atoms with Crippen LogP contribution in [0.25, 0.3) is 0 Å². The van der Waals surface area contributed by atoms with Crippen LogP contribution in [0.4, 0.5) is 0 Å². The highest BCUT2D eigenvalue weighted by Crippen LogP contribution is 2.31. The van der Waals surface area contributed by atoms with E-state index in [9.17, 15) is 4.79 Å². The van der Waals surface area contributed by atoms with Crippen LogP contribution in [0, 0.1) is 0 Å². The summed E-state index contributed by atoms with van der Waals surface area (Å²) < 4.78 is 0.273. The lowest BCUT2D eigenvalue weighted by Crippen LogP contribution is -2.33. The molecule has 1 aromatic rings. The van der Waals surface area contributed by atoms with E-state index in [1.807, 2.05) is 40.9 Å². The molecule has 1 aliphatic heterocycles. The summed E-state index contributed by atoms with van der Waals surface area (Å²) in [5.74, 6) is 1.12. The van der Waals surface area contributed by atoms with E-state index < -0.39 is 0 Å². The summed E-state index contributed by atoms with van der Waals surface area (Å²) in [4.78, 5) is 15.2. The summed E-state index contributed by atoms with van der Waals surface area (Å²) in [5.41, 5.74) is 0.713. The first-order valence-corrected chi connectivity index (χ1v) is 7.64. The van der Waals surface area contributed by atoms with Gasteiger partial charge in [0.15, 0.2) is 0 Å². The summed E-state index contributed by atoms with van der Waals surface area (Å²) in [5, 5.41) is 0. The molecule has 18 heavy (non-hydrogen) atoms. The summed E-state index contributed by atoms with van der Waals surface area (Å²) in [6.45, 7) is 6.16. The minimum Gasteiger partial charge on any atom is -0.338 e. The summed E-state index contributed by atoms with van der Waals surface area (Å²) in [6.07, 6.45) is 1.04. The van der Waals surface area contributed by atoms with Crippen LogP contribution in [0.3, 0.4) is 0 Å². The highest BCUT2D eigenvalue weighted by molar-refractivity contribution is 8.00. The van der Waals surface area contributed by atoms with Crippen molar-refractivity contribution in [2.24, 2.45) is 0 Å². The molecule has 98 valence electrons. The van der Waals surface area contributed by atoms with Gasteiger partial charge >= 0.3 is 0 Å². The molecule has 1 aliphatic rings. The second kappa shape index (κ2) is 5.57. The Bertz CT molecular complexity index is 445. The lowest BCUT2D eigenvalue weighted by atomic mass is 10.1. The van der Waals surface area contributed by atoms with Crippen LogP contribution in [0.2, 0.25) is 0 Å². The van der Waals surface area contributed by atoms with Crippen LogP contribution < -0.4 is 0 Å². The Balaban J connectivity index is 2.13. The number of thiol groups is 1. The second-order valence-corrected chi connectivity index (χ2v) is 7.45. The molecular formula is C14H19NOS2. The highest BCUT2D eigenvalue weighted by Gasteiger charge is 2.26. The lowest BCUT2D eigenvalue weighted by Gasteiger charge is -2.23. The fraction of sp³-hybridized carbons (Fsp3) is 0.500. The Morgan fingerprint density at radius 3 is 2.78 bits per heavy atom. The molecule has 0 aliphatic carbocycles. The van der Waals surface area contributed by atoms with Crippen molar-refractivity contribution in [1.29, 1.82) is 0 Å². The van der Waals surface area contributed by atoms with Crippen molar-refractivity contribution in [3.8, 4) is 0 Å². The predicted octanol–water partition coefficient (Wildman–Crippen LogP) is 3.33. The molecule has 1 aromatic carbocycles. The molecule has 1 amide bonds. The molecule has 2 rings (SSSR count). The SMILES string of the molecule is CC1(C)CCN(C(=O)c2ccccc2S)CCS1. The van der Waals surface area contributed by atoms with E-state index in [1.54, 1.807) is 0 Å². The Kier molecular flexibility index (Phi) is 4.28. The molecule has 0 spiro atoms. The third-order valence-corrected chi connectivity index (χ3v) is 5.02. The van der Waals surface area contributed by atoms with Gasteiger partial charge in [-0.1, -0.05) is 26.0 Å². The number of rotatable bonds is 1. The van der Waals surface area contributed by atoms with Crippen LogP contribution in [-0.2, 0) is 0 Å². The smallest absolute Gasteiger partial charge is 0.255 e. The second-order valence-electron chi connectivity index (χ2n) is 5.17. The number of carbonyl (C=O) groups excluding carboxylic acids is 1. The molecule has 0 N–H and O–H groups in total. The van der Waals surface area contributed by atoms with Gasteiger partial charge in [0.25, 0.3) is 5.91 Å². The van der Waals surface area contributed by atoms with E-state index >= 15 is 0 Å². The Morgan fingerprint density at radius 2 is 2.06 bits per heavy atom. The van der Waals surface area contributed by atoms with E-state index in [0.29, 0.717) is 5.56 Å². The molecule has 0 bridgehead atoms. The van der Waals surface area contributed by atoms with Crippen molar-refractivity contribution in [2.75, 3.05) is 18.8 Å². The quantitative estimate of drug-likeness (QED) is 0.797. The molecule has 1 fully saturated rings. The van der Waals surface area contributed by atoms with Crippen molar-refractivity contribution in [3.05, 3.63) is 29.8 Å². The number of amides is 1. The van der Waals surface area contributed by atoms with Crippen LogP contribution in [0.1, 0.15) is 30.6 Å². The molecule has 0 aromatic heterocycles. The summed E-state index contributed by atoms with van der Waals surface area (Å²) >= 11 is 6.31. The highest BCUT2D eigenvalue weighted by atomic mass is 32.2. The number of hydrogen-bond acceptors (Lipinski definition) is 3. The molecule has 2 nitrogen and oxygen atoms in total. The number of thioether (sulfide) groups is 1. The molecule has 1 heterocycles. The predicted molar refractivity (Wildman–Crippen MR) is 80.8 cm³/mol. The Morgan fingerprint density at radius 1 is 1.33 bits per heavy atom. The van der Waals surface area contributed by atoms with Crippen LogP contribution in [0.15, 0.2) is 29.2 Å². The van der Waals surface area contributed by atoms with Gasteiger partial charge in [-0.3, -0.25) is 4.79 Å². The van der Waals surface area contributed by atoms with Crippen molar-refractivity contribution < 1.29 is 4.79 Å². The zero-order valence-corrected chi connectivity index (χ0v) is 12.6. The standard InChI is InChI=1S/C14H19NOS2/c1-14(2)7-8-15(9-10-18-14)13(16)11-5-3-4-6-12(11)17/h3-6,17H,7-10H2,1-2H3. The molecule has 0 radical (unpaired) electrons. The van der Waals surface area contributed by atoms with Gasteiger partial charge in [0, 0.05) is 28.5 Å². The third-order valence-electron chi connectivity index (χ3n) is 3.26. The van der Waals surface area contributed by atoms with Gasteiger partial charge in [-0.2, -0.15) is 11.8 Å². The monoisotopic (exact) mass is 281 g/mol. The minimum atomic E-state index is 0.110. The van der Waals surface area contributed by atoms with Gasteiger partial charge in [0.05, 0.1) is 5.56 Å². The maximum absolute atomic E-state index is 12.5. The fourth-order valence-corrected chi connectivity index (χ4v) is 3.40. The lowest BCUT2D eigenvalue weighted by molar-refractivity contribution is 0.0761. The maximum Gasteiger partial charge on any atom is 0.255 e. The number of carbonyl (C=O) groups is 1. The number of benzene rings is 1. The van der Waals surface area contributed by atoms with E-state index in [-0.39, 0.29) is 10.7 Å². The van der Waals surface area contributed by atoms with Crippen LogP contribution in [-0.4, -0.2) is 34.4 Å². The molecule has 4 heteroatoms. The average Bonchev–Trinajstić information content (AvgIpc) is 2.50. The normalized spacial score (nSPS) is 19.4. The van der Waals surface area contributed by atoms with E-state index in [4.69, 9.17) is 0 Å². The Hall–Kier alpha value is -0.610.